The molecule has 2 saturated heterocycles. The molecule has 3 N–H and O–H groups in total. The molecule has 12 heavy (non-hydrogen) atoms. The van der Waals surface area contributed by atoms with Gasteiger partial charge in [-0.05, 0) is 12.8 Å². The lowest BCUT2D eigenvalue weighted by Crippen LogP contribution is -2.61. The second-order valence-electron chi connectivity index (χ2n) is 4.21. The van der Waals surface area contributed by atoms with Crippen LogP contribution < -0.4 is 5.73 Å². The van der Waals surface area contributed by atoms with Crippen molar-refractivity contribution in [2.45, 2.75) is 12.8 Å². The topological polar surface area (TPSA) is 55.5 Å². The van der Waals surface area contributed by atoms with Crippen molar-refractivity contribution in [3.63, 3.8) is 0 Å². The summed E-state index contributed by atoms with van der Waals surface area (Å²) in [4.78, 5) is 0. The third-order valence-corrected chi connectivity index (χ3v) is 3.08. The van der Waals surface area contributed by atoms with E-state index in [0.29, 0.717) is 6.54 Å². The monoisotopic (exact) mass is 193 g/mol. The van der Waals surface area contributed by atoms with Crippen LogP contribution in [0.15, 0.2) is 0 Å². The van der Waals surface area contributed by atoms with Crippen LogP contribution in [0, 0.1) is 10.8 Å². The fourth-order valence-electron chi connectivity index (χ4n) is 2.59. The molecule has 0 aromatic carbocycles. The first-order chi connectivity index (χ1) is 5.24. The van der Waals surface area contributed by atoms with E-state index in [2.05, 4.69) is 0 Å². The van der Waals surface area contributed by atoms with E-state index in [1.54, 1.807) is 0 Å². The molecule has 0 spiro atoms. The molecular formula is C8H16ClNO2. The molecule has 2 aliphatic heterocycles. The lowest BCUT2D eigenvalue weighted by molar-refractivity contribution is -0.203. The molecule has 0 radical (unpaired) electrons. The van der Waals surface area contributed by atoms with Crippen molar-refractivity contribution in [2.24, 2.45) is 16.6 Å². The first-order valence-electron chi connectivity index (χ1n) is 4.13. The summed E-state index contributed by atoms with van der Waals surface area (Å²) < 4.78 is 5.38. The second kappa shape index (κ2) is 3.14. The number of hydrogen-bond acceptors (Lipinski definition) is 3. The standard InChI is InChI=1S/C8H15NO2.ClH/c9-3-7-1-8(2-7,4-10)6-11-5-7;/h10H,1-6,9H2;1H. The zero-order chi connectivity index (χ0) is 7.95. The molecule has 0 unspecified atom stereocenters. The Morgan fingerprint density at radius 1 is 1.25 bits per heavy atom. The fraction of sp³-hybridized carbons (Fsp3) is 1.00. The predicted molar refractivity (Wildman–Crippen MR) is 48.3 cm³/mol. The average Bonchev–Trinajstić information content (AvgIpc) is 2.04. The number of aliphatic hydroxyl groups excluding tert-OH is 1. The summed E-state index contributed by atoms with van der Waals surface area (Å²) in [6.07, 6.45) is 2.12. The van der Waals surface area contributed by atoms with Crippen molar-refractivity contribution in [3.8, 4) is 0 Å². The van der Waals surface area contributed by atoms with Crippen LogP contribution >= 0.6 is 12.4 Å². The molecule has 2 bridgehead atoms. The molecule has 3 rings (SSSR count). The van der Waals surface area contributed by atoms with Crippen molar-refractivity contribution >= 4 is 12.4 Å². The molecule has 1 aliphatic carbocycles. The van der Waals surface area contributed by atoms with E-state index in [9.17, 15) is 0 Å². The molecule has 3 aliphatic rings. The van der Waals surface area contributed by atoms with Crippen LogP contribution in [0.25, 0.3) is 0 Å². The number of nitrogens with two attached hydrogens (primary N) is 1. The van der Waals surface area contributed by atoms with E-state index in [1.807, 2.05) is 0 Å². The number of rotatable bonds is 2. The van der Waals surface area contributed by atoms with E-state index in [4.69, 9.17) is 15.6 Å². The van der Waals surface area contributed by atoms with Crippen LogP contribution in [-0.2, 0) is 4.74 Å². The molecule has 0 amide bonds. The maximum Gasteiger partial charge on any atom is 0.0545 e. The fourth-order valence-corrected chi connectivity index (χ4v) is 2.59. The quantitative estimate of drug-likeness (QED) is 0.657. The summed E-state index contributed by atoms with van der Waals surface area (Å²) in [5.74, 6) is 0. The zero-order valence-corrected chi connectivity index (χ0v) is 7.90. The Balaban J connectivity index is 0.000000720. The third kappa shape index (κ3) is 1.25. The van der Waals surface area contributed by atoms with E-state index >= 15 is 0 Å². The number of fused-ring (bicyclic) bond motifs is 2. The van der Waals surface area contributed by atoms with Gasteiger partial charge in [-0.25, -0.2) is 0 Å². The third-order valence-electron chi connectivity index (χ3n) is 3.08. The highest BCUT2D eigenvalue weighted by Gasteiger charge is 2.56. The highest BCUT2D eigenvalue weighted by molar-refractivity contribution is 5.85. The van der Waals surface area contributed by atoms with E-state index in [0.717, 1.165) is 26.1 Å². The van der Waals surface area contributed by atoms with Gasteiger partial charge in [0.2, 0.25) is 0 Å². The Hall–Kier alpha value is 0.170. The van der Waals surface area contributed by atoms with Gasteiger partial charge in [0.1, 0.15) is 0 Å². The molecule has 3 fully saturated rings. The maximum atomic E-state index is 9.08. The van der Waals surface area contributed by atoms with Crippen LogP contribution in [0.3, 0.4) is 0 Å². The molecule has 1 saturated carbocycles. The van der Waals surface area contributed by atoms with E-state index in [1.165, 1.54) is 0 Å². The summed E-state index contributed by atoms with van der Waals surface area (Å²) in [5.41, 5.74) is 5.93. The zero-order valence-electron chi connectivity index (χ0n) is 7.08. The van der Waals surface area contributed by atoms with Crippen LogP contribution in [-0.4, -0.2) is 31.5 Å². The van der Waals surface area contributed by atoms with Gasteiger partial charge in [0.15, 0.2) is 0 Å². The highest BCUT2D eigenvalue weighted by atomic mass is 35.5. The molecule has 0 aromatic heterocycles. The second-order valence-corrected chi connectivity index (χ2v) is 4.21. The van der Waals surface area contributed by atoms with Gasteiger partial charge in [-0.3, -0.25) is 0 Å². The number of ether oxygens (including phenoxy) is 1. The van der Waals surface area contributed by atoms with E-state index < -0.39 is 0 Å². The predicted octanol–water partition coefficient (Wildman–Crippen LogP) is 0.156. The van der Waals surface area contributed by atoms with Gasteiger partial charge in [-0.15, -0.1) is 12.4 Å². The smallest absolute Gasteiger partial charge is 0.0545 e. The summed E-state index contributed by atoms with van der Waals surface area (Å²) in [6, 6.07) is 0. The average molecular weight is 194 g/mol. The van der Waals surface area contributed by atoms with Gasteiger partial charge >= 0.3 is 0 Å². The van der Waals surface area contributed by atoms with Gasteiger partial charge in [0.05, 0.1) is 19.8 Å². The Bertz CT molecular complexity index is 152. The number of aliphatic hydroxyl groups is 1. The Labute approximate surface area is 78.7 Å². The Morgan fingerprint density at radius 2 is 1.83 bits per heavy atom. The Kier molecular flexibility index (Phi) is 2.69. The van der Waals surface area contributed by atoms with Gasteiger partial charge < -0.3 is 15.6 Å². The van der Waals surface area contributed by atoms with E-state index in [-0.39, 0.29) is 29.8 Å². The van der Waals surface area contributed by atoms with Crippen LogP contribution in [0.4, 0.5) is 0 Å². The Morgan fingerprint density at radius 3 is 2.33 bits per heavy atom. The van der Waals surface area contributed by atoms with Crippen LogP contribution in [0.1, 0.15) is 12.8 Å². The van der Waals surface area contributed by atoms with Crippen molar-refractivity contribution < 1.29 is 9.84 Å². The molecule has 4 heteroatoms. The van der Waals surface area contributed by atoms with Gasteiger partial charge in [0, 0.05) is 17.4 Å². The highest BCUT2D eigenvalue weighted by Crippen LogP contribution is 2.57. The number of halogens is 1. The lowest BCUT2D eigenvalue weighted by Gasteiger charge is -2.59. The summed E-state index contributed by atoms with van der Waals surface area (Å²) in [6.45, 7) is 2.49. The largest absolute Gasteiger partial charge is 0.396 e. The number of hydrogen-bond donors (Lipinski definition) is 2. The minimum atomic E-state index is 0. The normalized spacial score (nSPS) is 44.5. The van der Waals surface area contributed by atoms with Crippen molar-refractivity contribution in [2.75, 3.05) is 26.4 Å². The molecule has 0 atom stereocenters. The van der Waals surface area contributed by atoms with Gasteiger partial charge in [-0.2, -0.15) is 0 Å². The minimum absolute atomic E-state index is 0. The van der Waals surface area contributed by atoms with Crippen molar-refractivity contribution in [1.29, 1.82) is 0 Å². The maximum absolute atomic E-state index is 9.08. The SMILES string of the molecule is Cl.NCC12COCC(CO)(C1)C2. The lowest BCUT2D eigenvalue weighted by atomic mass is 9.52. The van der Waals surface area contributed by atoms with Crippen LogP contribution in [0.2, 0.25) is 0 Å². The minimum Gasteiger partial charge on any atom is -0.396 e. The molecule has 0 aromatic rings. The van der Waals surface area contributed by atoms with Gasteiger partial charge in [0.25, 0.3) is 0 Å². The van der Waals surface area contributed by atoms with Crippen LogP contribution in [0.5, 0.6) is 0 Å². The van der Waals surface area contributed by atoms with Gasteiger partial charge in [-0.1, -0.05) is 0 Å². The first-order valence-corrected chi connectivity index (χ1v) is 4.13. The van der Waals surface area contributed by atoms with Crippen molar-refractivity contribution in [1.82, 2.24) is 0 Å². The summed E-state index contributed by atoms with van der Waals surface area (Å²) in [5, 5.41) is 9.08. The summed E-state index contributed by atoms with van der Waals surface area (Å²) in [7, 11) is 0. The first kappa shape index (κ1) is 10.3. The molecular weight excluding hydrogens is 178 g/mol. The molecule has 72 valence electrons. The summed E-state index contributed by atoms with van der Waals surface area (Å²) >= 11 is 0. The molecule has 2 heterocycles. The van der Waals surface area contributed by atoms with Crippen molar-refractivity contribution in [3.05, 3.63) is 0 Å². The molecule has 3 nitrogen and oxygen atoms in total.